The van der Waals surface area contributed by atoms with Gasteiger partial charge in [0, 0.05) is 0 Å². The summed E-state index contributed by atoms with van der Waals surface area (Å²) in [5.74, 6) is -1.12. The van der Waals surface area contributed by atoms with Crippen LogP contribution in [0.3, 0.4) is 0 Å². The molecule has 1 unspecified atom stereocenters. The second kappa shape index (κ2) is 2.80. The van der Waals surface area contributed by atoms with E-state index in [1.807, 2.05) is 0 Å². The Balaban J connectivity index is 2.70. The van der Waals surface area contributed by atoms with Gasteiger partial charge >= 0.3 is 6.03 Å². The number of carbonyl (C=O) groups excluding carboxylic acids is 3. The molecule has 0 aromatic carbocycles. The van der Waals surface area contributed by atoms with Gasteiger partial charge in [0.15, 0.2) is 0 Å². The Bertz CT molecular complexity index is 250. The quantitative estimate of drug-likeness (QED) is 0.490. The molecule has 0 radical (unpaired) electrons. The predicted octanol–water partition coefficient (Wildman–Crippen LogP) is -1.59. The van der Waals surface area contributed by atoms with Crippen LogP contribution in [0, 0.1) is 0 Å². The summed E-state index contributed by atoms with van der Waals surface area (Å²) in [5, 5.41) is 2.35. The van der Waals surface area contributed by atoms with Crippen molar-refractivity contribution in [3.05, 3.63) is 0 Å². The fourth-order valence-electron chi connectivity index (χ4n) is 0.964. The van der Waals surface area contributed by atoms with E-state index in [9.17, 15) is 14.4 Å². The number of primary amides is 1. The van der Waals surface area contributed by atoms with Crippen LogP contribution in [-0.2, 0) is 9.59 Å². The minimum Gasteiger partial charge on any atom is -0.368 e. The number of nitrogens with two attached hydrogens (primary N) is 1. The average molecular weight is 171 g/mol. The van der Waals surface area contributed by atoms with Crippen LogP contribution in [0.2, 0.25) is 0 Å². The third kappa shape index (κ3) is 1.36. The Morgan fingerprint density at radius 3 is 2.58 bits per heavy atom. The lowest BCUT2D eigenvalue weighted by Gasteiger charge is -2.08. The third-order valence-corrected chi connectivity index (χ3v) is 1.54. The number of carbonyl (C=O) groups is 3. The van der Waals surface area contributed by atoms with E-state index in [-0.39, 0.29) is 6.54 Å². The van der Waals surface area contributed by atoms with Gasteiger partial charge in [-0.25, -0.2) is 4.79 Å². The monoisotopic (exact) mass is 171 g/mol. The number of imide groups is 1. The highest BCUT2D eigenvalue weighted by molar-refractivity contribution is 6.06. The van der Waals surface area contributed by atoms with E-state index in [4.69, 9.17) is 5.73 Å². The zero-order chi connectivity index (χ0) is 9.30. The molecule has 0 spiro atoms. The Morgan fingerprint density at radius 2 is 2.25 bits per heavy atom. The molecule has 1 heterocycles. The standard InChI is InChI=1S/C6H9N3O3/c1-3-5(11)9(2-4(7)10)6(12)8-3/h3H,2H2,1H3,(H2,7,10)(H,8,12). The van der Waals surface area contributed by atoms with Gasteiger partial charge in [0.1, 0.15) is 12.6 Å². The van der Waals surface area contributed by atoms with E-state index in [1.165, 1.54) is 0 Å². The first-order valence-electron chi connectivity index (χ1n) is 3.42. The van der Waals surface area contributed by atoms with Gasteiger partial charge in [-0.1, -0.05) is 0 Å². The first-order chi connectivity index (χ1) is 5.52. The summed E-state index contributed by atoms with van der Waals surface area (Å²) in [7, 11) is 0. The van der Waals surface area contributed by atoms with Crippen molar-refractivity contribution < 1.29 is 14.4 Å². The SMILES string of the molecule is CC1NC(=O)N(CC(N)=O)C1=O. The van der Waals surface area contributed by atoms with Crippen LogP contribution in [0.5, 0.6) is 0 Å². The normalized spacial score (nSPS) is 22.8. The first-order valence-corrected chi connectivity index (χ1v) is 3.42. The van der Waals surface area contributed by atoms with Gasteiger partial charge in [-0.05, 0) is 6.92 Å². The van der Waals surface area contributed by atoms with Crippen molar-refractivity contribution in [1.29, 1.82) is 0 Å². The fraction of sp³-hybridized carbons (Fsp3) is 0.500. The van der Waals surface area contributed by atoms with Crippen molar-refractivity contribution in [1.82, 2.24) is 10.2 Å². The summed E-state index contributed by atoms with van der Waals surface area (Å²) in [5.41, 5.74) is 4.83. The van der Waals surface area contributed by atoms with Crippen LogP contribution < -0.4 is 11.1 Å². The van der Waals surface area contributed by atoms with Gasteiger partial charge in [0.05, 0.1) is 0 Å². The Kier molecular flexibility index (Phi) is 1.99. The van der Waals surface area contributed by atoms with Crippen LogP contribution in [0.25, 0.3) is 0 Å². The van der Waals surface area contributed by atoms with Crippen LogP contribution in [0.15, 0.2) is 0 Å². The van der Waals surface area contributed by atoms with Crippen molar-refractivity contribution in [2.24, 2.45) is 5.73 Å². The van der Waals surface area contributed by atoms with Crippen molar-refractivity contribution in [2.45, 2.75) is 13.0 Å². The van der Waals surface area contributed by atoms with Gasteiger partial charge in [-0.15, -0.1) is 0 Å². The highest BCUT2D eigenvalue weighted by atomic mass is 16.2. The highest BCUT2D eigenvalue weighted by Crippen LogP contribution is 2.03. The Hall–Kier alpha value is -1.59. The molecule has 12 heavy (non-hydrogen) atoms. The number of urea groups is 1. The molecule has 6 nitrogen and oxygen atoms in total. The summed E-state index contributed by atoms with van der Waals surface area (Å²) in [6, 6.07) is -1.12. The number of hydrogen-bond acceptors (Lipinski definition) is 3. The van der Waals surface area contributed by atoms with Crippen molar-refractivity contribution >= 4 is 17.8 Å². The molecule has 1 saturated heterocycles. The van der Waals surface area contributed by atoms with Gasteiger partial charge in [-0.2, -0.15) is 0 Å². The average Bonchev–Trinajstić information content (AvgIpc) is 2.16. The van der Waals surface area contributed by atoms with Crippen molar-refractivity contribution in [3.63, 3.8) is 0 Å². The third-order valence-electron chi connectivity index (χ3n) is 1.54. The lowest BCUT2D eigenvalue weighted by Crippen LogP contribution is -2.38. The lowest BCUT2D eigenvalue weighted by molar-refractivity contribution is -0.130. The van der Waals surface area contributed by atoms with Crippen LogP contribution in [-0.4, -0.2) is 35.3 Å². The first kappa shape index (κ1) is 8.51. The summed E-state index contributed by atoms with van der Waals surface area (Å²) in [6.45, 7) is 1.19. The molecule has 66 valence electrons. The maximum absolute atomic E-state index is 11.1. The van der Waals surface area contributed by atoms with E-state index < -0.39 is 23.9 Å². The zero-order valence-electron chi connectivity index (χ0n) is 6.53. The largest absolute Gasteiger partial charge is 0.368 e. The maximum atomic E-state index is 11.1. The maximum Gasteiger partial charge on any atom is 0.325 e. The molecule has 0 saturated carbocycles. The fourth-order valence-corrected chi connectivity index (χ4v) is 0.964. The van der Waals surface area contributed by atoms with Crippen LogP contribution >= 0.6 is 0 Å². The second-order valence-electron chi connectivity index (χ2n) is 2.56. The number of rotatable bonds is 2. The Labute approximate surface area is 68.7 Å². The van der Waals surface area contributed by atoms with Crippen molar-refractivity contribution in [3.8, 4) is 0 Å². The second-order valence-corrected chi connectivity index (χ2v) is 2.56. The lowest BCUT2D eigenvalue weighted by atomic mass is 10.3. The number of nitrogens with one attached hydrogen (secondary N) is 1. The molecule has 0 aromatic heterocycles. The number of amides is 4. The number of nitrogens with zero attached hydrogens (tertiary/aromatic N) is 1. The molecule has 1 rings (SSSR count). The molecule has 1 aliphatic rings. The summed E-state index contributed by atoms with van der Waals surface area (Å²) in [4.78, 5) is 33.2. The van der Waals surface area contributed by atoms with E-state index in [0.717, 1.165) is 4.90 Å². The summed E-state index contributed by atoms with van der Waals surface area (Å²) >= 11 is 0. The van der Waals surface area contributed by atoms with Crippen molar-refractivity contribution in [2.75, 3.05) is 6.54 Å². The topological polar surface area (TPSA) is 92.5 Å². The minimum atomic E-state index is -0.701. The molecule has 4 amide bonds. The van der Waals surface area contributed by atoms with Gasteiger partial charge < -0.3 is 11.1 Å². The van der Waals surface area contributed by atoms with E-state index in [1.54, 1.807) is 6.92 Å². The molecule has 1 fully saturated rings. The van der Waals surface area contributed by atoms with E-state index in [2.05, 4.69) is 5.32 Å². The predicted molar refractivity (Wildman–Crippen MR) is 38.9 cm³/mol. The summed E-state index contributed by atoms with van der Waals surface area (Å²) < 4.78 is 0. The van der Waals surface area contributed by atoms with Gasteiger partial charge in [0.2, 0.25) is 5.91 Å². The molecular weight excluding hydrogens is 162 g/mol. The molecule has 1 atom stereocenters. The molecule has 0 bridgehead atoms. The minimum absolute atomic E-state index is 0.352. The molecule has 0 aliphatic carbocycles. The van der Waals surface area contributed by atoms with Crippen LogP contribution in [0.1, 0.15) is 6.92 Å². The van der Waals surface area contributed by atoms with Gasteiger partial charge in [0.25, 0.3) is 5.91 Å². The smallest absolute Gasteiger partial charge is 0.325 e. The zero-order valence-corrected chi connectivity index (χ0v) is 6.53. The van der Waals surface area contributed by atoms with E-state index in [0.29, 0.717) is 0 Å². The van der Waals surface area contributed by atoms with Gasteiger partial charge in [-0.3, -0.25) is 14.5 Å². The highest BCUT2D eigenvalue weighted by Gasteiger charge is 2.35. The molecular formula is C6H9N3O3. The number of hydrogen-bond donors (Lipinski definition) is 2. The molecule has 0 aromatic rings. The molecule has 1 aliphatic heterocycles. The summed E-state index contributed by atoms with van der Waals surface area (Å²) in [6.07, 6.45) is 0. The molecule has 3 N–H and O–H groups in total. The van der Waals surface area contributed by atoms with E-state index >= 15 is 0 Å². The Morgan fingerprint density at radius 1 is 1.67 bits per heavy atom. The van der Waals surface area contributed by atoms with Crippen LogP contribution in [0.4, 0.5) is 4.79 Å². The molecule has 6 heteroatoms.